The summed E-state index contributed by atoms with van der Waals surface area (Å²) in [7, 11) is 0. The average molecular weight is 490 g/mol. The Morgan fingerprint density at radius 3 is 2.57 bits per heavy atom. The van der Waals surface area contributed by atoms with Gasteiger partial charge >= 0.3 is 0 Å². The summed E-state index contributed by atoms with van der Waals surface area (Å²) >= 11 is 6.53. The summed E-state index contributed by atoms with van der Waals surface area (Å²) in [6, 6.07) is 21.2. The highest BCUT2D eigenvalue weighted by Crippen LogP contribution is 2.28. The first-order chi connectivity index (χ1) is 17.0. The molecule has 2 N–H and O–H groups in total. The van der Waals surface area contributed by atoms with Crippen LogP contribution in [0.15, 0.2) is 66.7 Å². The van der Waals surface area contributed by atoms with Crippen LogP contribution in [-0.4, -0.2) is 42.8 Å². The van der Waals surface area contributed by atoms with E-state index < -0.39 is 0 Å². The van der Waals surface area contributed by atoms with E-state index in [1.165, 1.54) is 5.56 Å². The van der Waals surface area contributed by atoms with Crippen LogP contribution in [0.3, 0.4) is 0 Å². The van der Waals surface area contributed by atoms with E-state index in [-0.39, 0.29) is 11.7 Å². The van der Waals surface area contributed by atoms with Gasteiger partial charge in [0.25, 0.3) is 0 Å². The first-order valence-electron chi connectivity index (χ1n) is 12.3. The van der Waals surface area contributed by atoms with Gasteiger partial charge in [0.15, 0.2) is 5.78 Å². The van der Waals surface area contributed by atoms with Gasteiger partial charge in [0.2, 0.25) is 5.91 Å². The Bertz CT molecular complexity index is 1190. The van der Waals surface area contributed by atoms with Crippen molar-refractivity contribution in [2.75, 3.05) is 31.5 Å². The van der Waals surface area contributed by atoms with Crippen molar-refractivity contribution in [2.24, 2.45) is 0 Å². The minimum absolute atomic E-state index is 0.0692. The number of hydrogen-bond donors (Lipinski definition) is 2. The molecule has 0 aromatic heterocycles. The van der Waals surface area contributed by atoms with Crippen LogP contribution in [0.1, 0.15) is 46.3 Å². The fourth-order valence-corrected chi connectivity index (χ4v) is 4.72. The fraction of sp³-hybridized carbons (Fsp3) is 0.310. The maximum absolute atomic E-state index is 13.0. The first-order valence-corrected chi connectivity index (χ1v) is 12.6. The standard InChI is InChI=1S/C29H32ClN3O2/c1-21-8-2-4-10-24(21)29(35)25-14-13-23(20-26(25)30)32-27-11-5-3-9-22(27)15-17-31-16-7-19-33-18-6-12-28(33)34/h2-5,8-11,13-14,20,31-32H,6-7,12,15-19H2,1H3. The Morgan fingerprint density at radius 2 is 1.80 bits per heavy atom. The Kier molecular flexibility index (Phi) is 8.56. The van der Waals surface area contributed by atoms with Crippen LogP contribution in [0.4, 0.5) is 11.4 Å². The molecule has 35 heavy (non-hydrogen) atoms. The average Bonchev–Trinajstić information content (AvgIpc) is 3.27. The second-order valence-corrected chi connectivity index (χ2v) is 9.37. The largest absolute Gasteiger partial charge is 0.355 e. The van der Waals surface area contributed by atoms with Crippen molar-refractivity contribution in [3.05, 3.63) is 94.0 Å². The van der Waals surface area contributed by atoms with Crippen LogP contribution < -0.4 is 10.6 Å². The Hall–Kier alpha value is -3.15. The van der Waals surface area contributed by atoms with E-state index in [0.717, 1.165) is 62.4 Å². The predicted molar refractivity (Wildman–Crippen MR) is 143 cm³/mol. The van der Waals surface area contributed by atoms with Gasteiger partial charge in [-0.1, -0.05) is 54.1 Å². The molecule has 3 aromatic rings. The van der Waals surface area contributed by atoms with E-state index in [1.54, 1.807) is 6.07 Å². The molecular weight excluding hydrogens is 458 g/mol. The Labute approximate surface area is 212 Å². The smallest absolute Gasteiger partial charge is 0.222 e. The van der Waals surface area contributed by atoms with E-state index in [2.05, 4.69) is 22.8 Å². The lowest BCUT2D eigenvalue weighted by atomic mass is 9.99. The van der Waals surface area contributed by atoms with Gasteiger partial charge in [-0.05, 0) is 74.7 Å². The molecule has 1 aliphatic rings. The molecule has 0 spiro atoms. The summed E-state index contributed by atoms with van der Waals surface area (Å²) in [5.74, 6) is 0.220. The van der Waals surface area contributed by atoms with Gasteiger partial charge in [-0.3, -0.25) is 9.59 Å². The number of likely N-dealkylation sites (tertiary alicyclic amines) is 1. The van der Waals surface area contributed by atoms with Crippen molar-refractivity contribution >= 4 is 34.7 Å². The lowest BCUT2D eigenvalue weighted by molar-refractivity contribution is -0.127. The molecule has 0 radical (unpaired) electrons. The third kappa shape index (κ3) is 6.50. The highest BCUT2D eigenvalue weighted by Gasteiger charge is 2.19. The van der Waals surface area contributed by atoms with Crippen molar-refractivity contribution in [2.45, 2.75) is 32.6 Å². The van der Waals surface area contributed by atoms with Crippen LogP contribution in [-0.2, 0) is 11.2 Å². The Morgan fingerprint density at radius 1 is 1.00 bits per heavy atom. The molecule has 0 saturated carbocycles. The summed E-state index contributed by atoms with van der Waals surface area (Å²) < 4.78 is 0. The third-order valence-corrected chi connectivity index (χ3v) is 6.74. The molecule has 5 nitrogen and oxygen atoms in total. The number of nitrogens with one attached hydrogen (secondary N) is 2. The SMILES string of the molecule is Cc1ccccc1C(=O)c1ccc(Nc2ccccc2CCNCCCN2CCCC2=O)cc1Cl. The van der Waals surface area contributed by atoms with Crippen LogP contribution in [0, 0.1) is 6.92 Å². The molecule has 1 amide bonds. The Balaban J connectivity index is 1.32. The van der Waals surface area contributed by atoms with Gasteiger partial charge in [-0.2, -0.15) is 0 Å². The quantitative estimate of drug-likeness (QED) is 0.265. The van der Waals surface area contributed by atoms with E-state index in [1.807, 2.05) is 60.4 Å². The minimum atomic E-state index is -0.0692. The molecule has 1 saturated heterocycles. The number of nitrogens with zero attached hydrogens (tertiary/aromatic N) is 1. The zero-order valence-electron chi connectivity index (χ0n) is 20.1. The van der Waals surface area contributed by atoms with Crippen molar-refractivity contribution in [3.63, 3.8) is 0 Å². The molecule has 3 aromatic carbocycles. The monoisotopic (exact) mass is 489 g/mol. The molecule has 0 bridgehead atoms. The van der Waals surface area contributed by atoms with E-state index in [0.29, 0.717) is 22.6 Å². The van der Waals surface area contributed by atoms with E-state index in [4.69, 9.17) is 11.6 Å². The first kappa shape index (κ1) is 25.0. The van der Waals surface area contributed by atoms with Gasteiger partial charge in [0.05, 0.1) is 5.02 Å². The number of rotatable bonds is 11. The number of aryl methyl sites for hydroxylation is 1. The number of hydrogen-bond acceptors (Lipinski definition) is 4. The van der Waals surface area contributed by atoms with Crippen molar-refractivity contribution < 1.29 is 9.59 Å². The second-order valence-electron chi connectivity index (χ2n) is 8.96. The van der Waals surface area contributed by atoms with Crippen LogP contribution >= 0.6 is 11.6 Å². The van der Waals surface area contributed by atoms with Crippen LogP contribution in [0.5, 0.6) is 0 Å². The van der Waals surface area contributed by atoms with Gasteiger partial charge in [-0.15, -0.1) is 0 Å². The molecule has 1 aliphatic heterocycles. The minimum Gasteiger partial charge on any atom is -0.355 e. The number of benzene rings is 3. The number of para-hydroxylation sites is 1. The van der Waals surface area contributed by atoms with E-state index in [9.17, 15) is 9.59 Å². The van der Waals surface area contributed by atoms with E-state index >= 15 is 0 Å². The zero-order valence-corrected chi connectivity index (χ0v) is 20.9. The lowest BCUT2D eigenvalue weighted by Crippen LogP contribution is -2.29. The summed E-state index contributed by atoms with van der Waals surface area (Å²) in [5.41, 5.74) is 5.16. The highest BCUT2D eigenvalue weighted by atomic mass is 35.5. The number of carbonyl (C=O) groups excluding carboxylic acids is 2. The molecule has 6 heteroatoms. The second kappa shape index (κ2) is 12.0. The highest BCUT2D eigenvalue weighted by molar-refractivity contribution is 6.35. The summed E-state index contributed by atoms with van der Waals surface area (Å²) in [6.07, 6.45) is 3.54. The topological polar surface area (TPSA) is 61.4 Å². The molecule has 0 aliphatic carbocycles. The maximum Gasteiger partial charge on any atom is 0.222 e. The molecular formula is C29H32ClN3O2. The van der Waals surface area contributed by atoms with Crippen LogP contribution in [0.25, 0.3) is 0 Å². The number of anilines is 2. The van der Waals surface area contributed by atoms with Gasteiger partial charge in [0, 0.05) is 42.0 Å². The number of carbonyl (C=O) groups is 2. The van der Waals surface area contributed by atoms with Crippen molar-refractivity contribution in [1.29, 1.82) is 0 Å². The van der Waals surface area contributed by atoms with Crippen molar-refractivity contribution in [1.82, 2.24) is 10.2 Å². The van der Waals surface area contributed by atoms with Gasteiger partial charge in [-0.25, -0.2) is 0 Å². The predicted octanol–water partition coefficient (Wildman–Crippen LogP) is 5.77. The third-order valence-electron chi connectivity index (χ3n) is 6.42. The molecule has 0 unspecified atom stereocenters. The molecule has 0 atom stereocenters. The lowest BCUT2D eigenvalue weighted by Gasteiger charge is -2.16. The molecule has 4 rings (SSSR count). The number of amides is 1. The molecule has 1 fully saturated rings. The number of halogens is 1. The van der Waals surface area contributed by atoms with Gasteiger partial charge < -0.3 is 15.5 Å². The van der Waals surface area contributed by atoms with Crippen molar-refractivity contribution in [3.8, 4) is 0 Å². The normalized spacial score (nSPS) is 13.3. The summed E-state index contributed by atoms with van der Waals surface area (Å²) in [4.78, 5) is 26.6. The fourth-order valence-electron chi connectivity index (χ4n) is 4.45. The summed E-state index contributed by atoms with van der Waals surface area (Å²) in [5, 5.41) is 7.38. The van der Waals surface area contributed by atoms with Crippen LogP contribution in [0.2, 0.25) is 5.02 Å². The zero-order chi connectivity index (χ0) is 24.6. The molecule has 1 heterocycles. The van der Waals surface area contributed by atoms with Gasteiger partial charge in [0.1, 0.15) is 0 Å². The number of ketones is 1. The summed E-state index contributed by atoms with van der Waals surface area (Å²) in [6.45, 7) is 5.43. The molecule has 182 valence electrons. The maximum atomic E-state index is 13.0.